The number of thiophene rings is 1. The summed E-state index contributed by atoms with van der Waals surface area (Å²) in [6.45, 7) is 6.23. The minimum atomic E-state index is -0.658. The van der Waals surface area contributed by atoms with Crippen LogP contribution in [-0.4, -0.2) is 46.2 Å². The van der Waals surface area contributed by atoms with Crippen molar-refractivity contribution < 1.29 is 23.1 Å². The second kappa shape index (κ2) is 10.9. The summed E-state index contributed by atoms with van der Waals surface area (Å²) >= 11 is 1.26. The molecule has 1 N–H and O–H groups in total. The molecule has 0 bridgehead atoms. The Kier molecular flexibility index (Phi) is 7.44. The SMILES string of the molecule is Cn1c(=O)oc2ccc(-c3sc(C(=O)N4CCC[C@@H](NC(=O)OC(C)(C)C)C4)cc3-c3ccc(C#N)c(F)c3)cc21. The minimum Gasteiger partial charge on any atom is -0.444 e. The average molecular weight is 577 g/mol. The summed E-state index contributed by atoms with van der Waals surface area (Å²) in [6.07, 6.45) is 0.908. The molecule has 2 aromatic carbocycles. The first-order valence-corrected chi connectivity index (χ1v) is 14.0. The van der Waals surface area contributed by atoms with Crippen LogP contribution >= 0.6 is 11.3 Å². The molecule has 0 unspecified atom stereocenters. The molecule has 41 heavy (non-hydrogen) atoms. The maximum atomic E-state index is 14.7. The van der Waals surface area contributed by atoms with E-state index >= 15 is 0 Å². The van der Waals surface area contributed by atoms with E-state index in [0.29, 0.717) is 51.5 Å². The molecule has 0 radical (unpaired) electrons. The fraction of sp³-hybridized carbons (Fsp3) is 0.333. The summed E-state index contributed by atoms with van der Waals surface area (Å²) in [7, 11) is 1.61. The van der Waals surface area contributed by atoms with E-state index in [1.165, 1.54) is 28.0 Å². The monoisotopic (exact) mass is 576 g/mol. The van der Waals surface area contributed by atoms with E-state index in [1.54, 1.807) is 63.1 Å². The number of amides is 2. The third kappa shape index (κ3) is 5.88. The Hall–Kier alpha value is -4.43. The largest absolute Gasteiger partial charge is 0.444 e. The number of piperidine rings is 1. The number of likely N-dealkylation sites (tertiary alicyclic amines) is 1. The summed E-state index contributed by atoms with van der Waals surface area (Å²) in [5.41, 5.74) is 2.16. The smallest absolute Gasteiger partial charge is 0.419 e. The lowest BCUT2D eigenvalue weighted by atomic mass is 10.0. The Balaban J connectivity index is 1.50. The number of hydrogen-bond acceptors (Lipinski definition) is 7. The van der Waals surface area contributed by atoms with Gasteiger partial charge in [-0.2, -0.15) is 5.26 Å². The molecular weight excluding hydrogens is 547 g/mol. The van der Waals surface area contributed by atoms with E-state index in [2.05, 4.69) is 5.32 Å². The van der Waals surface area contributed by atoms with E-state index in [1.807, 2.05) is 6.07 Å². The molecule has 1 saturated heterocycles. The molecule has 2 amide bonds. The number of aryl methyl sites for hydroxylation is 1. The zero-order valence-corrected chi connectivity index (χ0v) is 23.9. The van der Waals surface area contributed by atoms with Crippen LogP contribution < -0.4 is 11.1 Å². The van der Waals surface area contributed by atoms with Crippen molar-refractivity contribution >= 4 is 34.4 Å². The van der Waals surface area contributed by atoms with Crippen molar-refractivity contribution in [2.75, 3.05) is 13.1 Å². The highest BCUT2D eigenvalue weighted by atomic mass is 32.1. The third-order valence-corrected chi connectivity index (χ3v) is 8.00. The van der Waals surface area contributed by atoms with Crippen LogP contribution in [0.4, 0.5) is 9.18 Å². The van der Waals surface area contributed by atoms with Crippen LogP contribution in [0.1, 0.15) is 48.8 Å². The molecule has 212 valence electrons. The van der Waals surface area contributed by atoms with Crippen molar-refractivity contribution in [3.8, 4) is 27.6 Å². The van der Waals surface area contributed by atoms with Crippen molar-refractivity contribution in [3.05, 3.63) is 69.3 Å². The average Bonchev–Trinajstić information content (AvgIpc) is 3.48. The number of ether oxygens (including phenoxy) is 1. The van der Waals surface area contributed by atoms with Gasteiger partial charge >= 0.3 is 11.8 Å². The van der Waals surface area contributed by atoms with Crippen LogP contribution in [0.5, 0.6) is 0 Å². The molecule has 1 aliphatic heterocycles. The molecule has 0 saturated carbocycles. The predicted octanol–water partition coefficient (Wildman–Crippen LogP) is 5.67. The van der Waals surface area contributed by atoms with Crippen molar-refractivity contribution in [2.24, 2.45) is 7.05 Å². The van der Waals surface area contributed by atoms with E-state index < -0.39 is 23.3 Å². The molecular formula is C30H29FN4O5S. The number of fused-ring (bicyclic) bond motifs is 1. The maximum absolute atomic E-state index is 14.7. The number of benzene rings is 2. The zero-order valence-electron chi connectivity index (χ0n) is 23.1. The van der Waals surface area contributed by atoms with Crippen molar-refractivity contribution in [1.82, 2.24) is 14.8 Å². The van der Waals surface area contributed by atoms with Gasteiger partial charge in [0, 0.05) is 36.6 Å². The first-order chi connectivity index (χ1) is 19.4. The first-order valence-electron chi connectivity index (χ1n) is 13.2. The van der Waals surface area contributed by atoms with E-state index in [-0.39, 0.29) is 17.5 Å². The van der Waals surface area contributed by atoms with Gasteiger partial charge in [0.25, 0.3) is 5.91 Å². The second-order valence-corrected chi connectivity index (χ2v) is 12.1. The van der Waals surface area contributed by atoms with Gasteiger partial charge in [-0.25, -0.2) is 14.0 Å². The maximum Gasteiger partial charge on any atom is 0.419 e. The van der Waals surface area contributed by atoms with Gasteiger partial charge in [-0.05, 0) is 81.1 Å². The fourth-order valence-corrected chi connectivity index (χ4v) is 6.02. The van der Waals surface area contributed by atoms with Gasteiger partial charge in [-0.1, -0.05) is 6.07 Å². The number of rotatable bonds is 4. The van der Waals surface area contributed by atoms with E-state index in [0.717, 1.165) is 12.0 Å². The van der Waals surface area contributed by atoms with Crippen LogP contribution in [0, 0.1) is 17.1 Å². The Labute approximate surface area is 239 Å². The number of aromatic nitrogens is 1. The standard InChI is InChI=1S/C30H29FN4O5S/c1-30(2,3)40-28(37)33-20-6-5-11-35(16-20)27(36)25-14-21(17-7-8-19(15-32)22(31)12-17)26(41-25)18-9-10-24-23(13-18)34(4)29(38)39-24/h7-10,12-14,20H,5-6,11,16H2,1-4H3,(H,33,37)/t20-/m1/s1. The quantitative estimate of drug-likeness (QED) is 0.335. The number of nitrogens with one attached hydrogen (secondary N) is 1. The molecule has 3 heterocycles. The van der Waals surface area contributed by atoms with Gasteiger partial charge in [0.15, 0.2) is 5.58 Å². The van der Waals surface area contributed by atoms with E-state index in [4.69, 9.17) is 9.15 Å². The molecule has 2 aromatic heterocycles. The number of carbonyl (C=O) groups excluding carboxylic acids is 2. The minimum absolute atomic E-state index is 0.0755. The van der Waals surface area contributed by atoms with Crippen LogP contribution in [0.15, 0.2) is 51.7 Å². The molecule has 1 fully saturated rings. The van der Waals surface area contributed by atoms with Gasteiger partial charge in [-0.3, -0.25) is 9.36 Å². The Bertz CT molecular complexity index is 1760. The van der Waals surface area contributed by atoms with Gasteiger partial charge in [0.05, 0.1) is 16.0 Å². The lowest BCUT2D eigenvalue weighted by molar-refractivity contribution is 0.0453. The van der Waals surface area contributed by atoms with Crippen LogP contribution in [0.2, 0.25) is 0 Å². The van der Waals surface area contributed by atoms with Gasteiger partial charge in [0.2, 0.25) is 0 Å². The number of nitrogens with zero attached hydrogens (tertiary/aromatic N) is 3. The highest BCUT2D eigenvalue weighted by Gasteiger charge is 2.29. The number of nitriles is 1. The van der Waals surface area contributed by atoms with Crippen molar-refractivity contribution in [3.63, 3.8) is 0 Å². The predicted molar refractivity (Wildman–Crippen MR) is 153 cm³/mol. The van der Waals surface area contributed by atoms with Crippen LogP contribution in [0.3, 0.4) is 0 Å². The highest BCUT2D eigenvalue weighted by Crippen LogP contribution is 2.41. The topological polar surface area (TPSA) is 118 Å². The molecule has 11 heteroatoms. The number of halogens is 1. The lowest BCUT2D eigenvalue weighted by Crippen LogP contribution is -2.50. The number of hydrogen-bond donors (Lipinski definition) is 1. The van der Waals surface area contributed by atoms with Gasteiger partial charge in [0.1, 0.15) is 17.5 Å². The summed E-state index contributed by atoms with van der Waals surface area (Å²) in [5, 5.41) is 12.0. The second-order valence-electron chi connectivity index (χ2n) is 11.0. The summed E-state index contributed by atoms with van der Waals surface area (Å²) < 4.78 is 26.7. The van der Waals surface area contributed by atoms with Crippen LogP contribution in [0.25, 0.3) is 32.7 Å². The Morgan fingerprint density at radius 3 is 2.63 bits per heavy atom. The summed E-state index contributed by atoms with van der Waals surface area (Å²) in [6, 6.07) is 12.9. The molecule has 0 aliphatic carbocycles. The molecule has 4 aromatic rings. The summed E-state index contributed by atoms with van der Waals surface area (Å²) in [4.78, 5) is 41.0. The van der Waals surface area contributed by atoms with Gasteiger partial charge in [-0.15, -0.1) is 11.3 Å². The molecule has 1 atom stereocenters. The van der Waals surface area contributed by atoms with Crippen molar-refractivity contribution in [2.45, 2.75) is 45.3 Å². The van der Waals surface area contributed by atoms with Gasteiger partial charge < -0.3 is 19.4 Å². The van der Waals surface area contributed by atoms with E-state index in [9.17, 15) is 24.0 Å². The normalized spacial score (nSPS) is 15.5. The number of alkyl carbamates (subject to hydrolysis) is 1. The molecule has 1 aliphatic rings. The number of oxazole rings is 1. The molecule has 9 nitrogen and oxygen atoms in total. The molecule has 5 rings (SSSR count). The first kappa shape index (κ1) is 28.1. The van der Waals surface area contributed by atoms with Crippen molar-refractivity contribution in [1.29, 1.82) is 5.26 Å². The summed E-state index contributed by atoms with van der Waals surface area (Å²) in [5.74, 6) is -1.35. The third-order valence-electron chi connectivity index (χ3n) is 6.83. The zero-order chi connectivity index (χ0) is 29.5. The fourth-order valence-electron chi connectivity index (χ4n) is 4.88. The highest BCUT2D eigenvalue weighted by molar-refractivity contribution is 7.18. The Morgan fingerprint density at radius 1 is 1.17 bits per heavy atom. The lowest BCUT2D eigenvalue weighted by Gasteiger charge is -2.33. The van der Waals surface area contributed by atoms with Crippen LogP contribution in [-0.2, 0) is 11.8 Å². The Morgan fingerprint density at radius 2 is 1.93 bits per heavy atom. The number of carbonyl (C=O) groups is 2. The molecule has 0 spiro atoms.